The number of benzene rings is 2. The van der Waals surface area contributed by atoms with Gasteiger partial charge in [0.05, 0.1) is 12.0 Å². The predicted octanol–water partition coefficient (Wildman–Crippen LogP) is 4.93. The lowest BCUT2D eigenvalue weighted by atomic mass is 9.73. The van der Waals surface area contributed by atoms with Crippen LogP contribution in [0.15, 0.2) is 46.9 Å². The summed E-state index contributed by atoms with van der Waals surface area (Å²) in [5, 5.41) is 9.56. The van der Waals surface area contributed by atoms with Gasteiger partial charge in [0, 0.05) is 10.4 Å². The zero-order valence-corrected chi connectivity index (χ0v) is 12.4. The molecule has 2 atom stereocenters. The van der Waals surface area contributed by atoms with E-state index in [-0.39, 0.29) is 17.7 Å². The normalized spacial score (nSPS) is 21.1. The van der Waals surface area contributed by atoms with Crippen molar-refractivity contribution in [2.24, 2.45) is 0 Å². The molecule has 0 aromatic heterocycles. The van der Waals surface area contributed by atoms with E-state index in [2.05, 4.69) is 28.1 Å². The Morgan fingerprint density at radius 2 is 1.90 bits per heavy atom. The zero-order valence-electron chi connectivity index (χ0n) is 10.8. The summed E-state index contributed by atoms with van der Waals surface area (Å²) < 4.78 is 14.1. The molecule has 0 amide bonds. The highest BCUT2D eigenvalue weighted by atomic mass is 79.9. The molecule has 0 fully saturated rings. The second-order valence-corrected chi connectivity index (χ2v) is 6.06. The Labute approximate surface area is 126 Å². The van der Waals surface area contributed by atoms with Crippen LogP contribution in [0.5, 0.6) is 0 Å². The molecular weight excluding hydrogens is 317 g/mol. The first-order valence-electron chi connectivity index (χ1n) is 6.62. The zero-order chi connectivity index (χ0) is 14.1. The maximum atomic E-state index is 13.0. The molecule has 0 bridgehead atoms. The highest BCUT2D eigenvalue weighted by molar-refractivity contribution is 9.10. The Kier molecular flexibility index (Phi) is 3.58. The first-order chi connectivity index (χ1) is 9.69. The molecule has 0 aliphatic heterocycles. The van der Waals surface area contributed by atoms with E-state index < -0.39 is 0 Å². The van der Waals surface area contributed by atoms with Gasteiger partial charge >= 0.3 is 0 Å². The van der Waals surface area contributed by atoms with Crippen molar-refractivity contribution in [3.63, 3.8) is 0 Å². The maximum Gasteiger partial charge on any atom is 0.123 e. The molecule has 0 saturated carbocycles. The van der Waals surface area contributed by atoms with Crippen LogP contribution in [0.3, 0.4) is 0 Å². The summed E-state index contributed by atoms with van der Waals surface area (Å²) in [6, 6.07) is 15.1. The molecule has 3 heteroatoms. The molecule has 100 valence electrons. The van der Waals surface area contributed by atoms with E-state index in [1.54, 1.807) is 12.1 Å². The molecule has 1 nitrogen and oxygen atoms in total. The number of fused-ring (bicyclic) bond motifs is 1. The third-order valence-electron chi connectivity index (χ3n) is 4.00. The van der Waals surface area contributed by atoms with Crippen LogP contribution in [0.1, 0.15) is 34.9 Å². The Hall–Kier alpha value is -1.66. The smallest absolute Gasteiger partial charge is 0.123 e. The Morgan fingerprint density at radius 3 is 2.60 bits per heavy atom. The predicted molar refractivity (Wildman–Crippen MR) is 80.0 cm³/mol. The average Bonchev–Trinajstić information content (AvgIpc) is 2.46. The standard InChI is InChI=1S/C17H13BrFN/c18-13-4-8-16-12(9-13)3-7-15(17(16)10-20)11-1-5-14(19)6-2-11/h1-2,4-6,8-9,15,17H,3,7H2. The van der Waals surface area contributed by atoms with Crippen molar-refractivity contribution in [2.45, 2.75) is 24.7 Å². The van der Waals surface area contributed by atoms with Gasteiger partial charge in [0.2, 0.25) is 0 Å². The van der Waals surface area contributed by atoms with Crippen LogP contribution in [0.2, 0.25) is 0 Å². The van der Waals surface area contributed by atoms with E-state index >= 15 is 0 Å². The average molecular weight is 330 g/mol. The van der Waals surface area contributed by atoms with E-state index in [0.717, 1.165) is 28.4 Å². The lowest BCUT2D eigenvalue weighted by molar-refractivity contribution is 0.539. The quantitative estimate of drug-likeness (QED) is 0.728. The van der Waals surface area contributed by atoms with Crippen LogP contribution in [-0.2, 0) is 6.42 Å². The number of hydrogen-bond donors (Lipinski definition) is 0. The Morgan fingerprint density at radius 1 is 1.15 bits per heavy atom. The molecule has 20 heavy (non-hydrogen) atoms. The van der Waals surface area contributed by atoms with Gasteiger partial charge in [0.1, 0.15) is 5.82 Å². The minimum Gasteiger partial charge on any atom is -0.207 e. The lowest BCUT2D eigenvalue weighted by Gasteiger charge is -2.30. The van der Waals surface area contributed by atoms with Crippen molar-refractivity contribution in [3.8, 4) is 6.07 Å². The van der Waals surface area contributed by atoms with Gasteiger partial charge < -0.3 is 0 Å². The van der Waals surface area contributed by atoms with Gasteiger partial charge in [-0.3, -0.25) is 0 Å². The third-order valence-corrected chi connectivity index (χ3v) is 4.50. The minimum atomic E-state index is -0.234. The van der Waals surface area contributed by atoms with E-state index in [1.165, 1.54) is 17.7 Å². The molecule has 0 N–H and O–H groups in total. The second-order valence-electron chi connectivity index (χ2n) is 5.15. The Balaban J connectivity index is 2.01. The third kappa shape index (κ3) is 2.36. The number of nitriles is 1. The summed E-state index contributed by atoms with van der Waals surface area (Å²) in [5.74, 6) is -0.242. The summed E-state index contributed by atoms with van der Waals surface area (Å²) >= 11 is 3.48. The fourth-order valence-electron chi connectivity index (χ4n) is 3.02. The van der Waals surface area contributed by atoms with Gasteiger partial charge in [-0.05, 0) is 53.8 Å². The van der Waals surface area contributed by atoms with Crippen LogP contribution in [0, 0.1) is 17.1 Å². The van der Waals surface area contributed by atoms with Crippen LogP contribution in [0.4, 0.5) is 4.39 Å². The molecule has 2 aromatic carbocycles. The van der Waals surface area contributed by atoms with Gasteiger partial charge in [-0.2, -0.15) is 5.26 Å². The van der Waals surface area contributed by atoms with Crippen molar-refractivity contribution in [2.75, 3.05) is 0 Å². The van der Waals surface area contributed by atoms with Crippen molar-refractivity contribution in [1.82, 2.24) is 0 Å². The number of halogens is 2. The van der Waals surface area contributed by atoms with E-state index in [0.29, 0.717) is 0 Å². The molecule has 0 saturated heterocycles. The van der Waals surface area contributed by atoms with Crippen molar-refractivity contribution in [3.05, 3.63) is 69.4 Å². The van der Waals surface area contributed by atoms with Gasteiger partial charge in [0.25, 0.3) is 0 Å². The topological polar surface area (TPSA) is 23.8 Å². The SMILES string of the molecule is N#CC1c2ccc(Br)cc2CCC1c1ccc(F)cc1. The summed E-state index contributed by atoms with van der Waals surface area (Å²) in [6.45, 7) is 0. The van der Waals surface area contributed by atoms with Gasteiger partial charge in [-0.25, -0.2) is 4.39 Å². The van der Waals surface area contributed by atoms with Crippen molar-refractivity contribution < 1.29 is 4.39 Å². The highest BCUT2D eigenvalue weighted by Gasteiger charge is 2.30. The summed E-state index contributed by atoms with van der Waals surface area (Å²) in [6.07, 6.45) is 1.88. The van der Waals surface area contributed by atoms with Gasteiger partial charge in [0.15, 0.2) is 0 Å². The van der Waals surface area contributed by atoms with Gasteiger partial charge in [-0.1, -0.05) is 34.1 Å². The molecule has 2 aromatic rings. The van der Waals surface area contributed by atoms with Crippen molar-refractivity contribution in [1.29, 1.82) is 5.26 Å². The van der Waals surface area contributed by atoms with E-state index in [1.807, 2.05) is 12.1 Å². The van der Waals surface area contributed by atoms with Crippen LogP contribution >= 0.6 is 15.9 Å². The van der Waals surface area contributed by atoms with E-state index in [9.17, 15) is 9.65 Å². The molecular formula is C17H13BrFN. The first kappa shape index (κ1) is 13.3. The number of nitrogens with zero attached hydrogens (tertiary/aromatic N) is 1. The fourth-order valence-corrected chi connectivity index (χ4v) is 3.43. The van der Waals surface area contributed by atoms with Crippen molar-refractivity contribution >= 4 is 15.9 Å². The first-order valence-corrected chi connectivity index (χ1v) is 7.42. The summed E-state index contributed by atoms with van der Waals surface area (Å²) in [4.78, 5) is 0. The molecule has 0 heterocycles. The number of aryl methyl sites for hydroxylation is 1. The molecule has 0 radical (unpaired) electrons. The van der Waals surface area contributed by atoms with Crippen LogP contribution in [0.25, 0.3) is 0 Å². The second kappa shape index (κ2) is 5.38. The largest absolute Gasteiger partial charge is 0.207 e. The monoisotopic (exact) mass is 329 g/mol. The van der Waals surface area contributed by atoms with Crippen LogP contribution in [-0.4, -0.2) is 0 Å². The summed E-state index contributed by atoms with van der Waals surface area (Å²) in [7, 11) is 0. The number of hydrogen-bond acceptors (Lipinski definition) is 1. The summed E-state index contributed by atoms with van der Waals surface area (Å²) in [5.41, 5.74) is 3.40. The fraction of sp³-hybridized carbons (Fsp3) is 0.235. The lowest BCUT2D eigenvalue weighted by Crippen LogP contribution is -2.18. The molecule has 0 spiro atoms. The molecule has 3 rings (SSSR count). The minimum absolute atomic E-state index is 0.147. The Bertz CT molecular complexity index is 672. The molecule has 1 aliphatic carbocycles. The van der Waals surface area contributed by atoms with Gasteiger partial charge in [-0.15, -0.1) is 0 Å². The van der Waals surface area contributed by atoms with Crippen LogP contribution < -0.4 is 0 Å². The molecule has 2 unspecified atom stereocenters. The number of rotatable bonds is 1. The molecule has 1 aliphatic rings. The maximum absolute atomic E-state index is 13.0. The highest BCUT2D eigenvalue weighted by Crippen LogP contribution is 2.42. The van der Waals surface area contributed by atoms with E-state index in [4.69, 9.17) is 0 Å².